The van der Waals surface area contributed by atoms with Crippen molar-refractivity contribution >= 4 is 69.5 Å². The Morgan fingerprint density at radius 2 is 1.65 bits per heavy atom. The molecule has 188 valence electrons. The molecule has 11 heteroatoms. The molecule has 1 aliphatic rings. The van der Waals surface area contributed by atoms with Gasteiger partial charge >= 0.3 is 11.9 Å². The van der Waals surface area contributed by atoms with Crippen LogP contribution in [0.1, 0.15) is 31.8 Å². The van der Waals surface area contributed by atoms with Gasteiger partial charge in [0.2, 0.25) is 0 Å². The molecule has 8 nitrogen and oxygen atoms in total. The molecule has 1 fully saturated rings. The summed E-state index contributed by atoms with van der Waals surface area (Å²) in [5.74, 6) is -2.19. The number of nitrogens with zero attached hydrogens (tertiary/aromatic N) is 1. The number of hydrogen-bond acceptors (Lipinski definition) is 7. The molecule has 2 N–H and O–H groups in total. The van der Waals surface area contributed by atoms with Crippen molar-refractivity contribution in [2.75, 3.05) is 12.0 Å². The third kappa shape index (κ3) is 5.93. The lowest BCUT2D eigenvalue weighted by molar-refractivity contribution is -0.113. The van der Waals surface area contributed by atoms with Crippen LogP contribution >= 0.6 is 35.6 Å². The molecular weight excluding hydrogens is 538 g/mol. The lowest BCUT2D eigenvalue weighted by atomic mass is 10.1. The van der Waals surface area contributed by atoms with Crippen molar-refractivity contribution in [2.45, 2.75) is 6.61 Å². The number of carbonyl (C=O) groups is 3. The second kappa shape index (κ2) is 11.0. The lowest BCUT2D eigenvalue weighted by Crippen LogP contribution is -2.28. The lowest BCUT2D eigenvalue weighted by Gasteiger charge is -2.16. The number of methoxy groups -OCH3 is 1. The van der Waals surface area contributed by atoms with Crippen molar-refractivity contribution in [2.24, 2.45) is 0 Å². The Morgan fingerprint density at radius 1 is 1.00 bits per heavy atom. The van der Waals surface area contributed by atoms with Crippen LogP contribution in [0.25, 0.3) is 6.08 Å². The number of halogens is 1. The Labute approximate surface area is 226 Å². The third-order valence-corrected chi connectivity index (χ3v) is 6.81. The molecule has 1 aliphatic heterocycles. The van der Waals surface area contributed by atoms with Gasteiger partial charge in [-0.1, -0.05) is 53.8 Å². The molecule has 3 aromatic rings. The maximum atomic E-state index is 13.2. The second-order valence-corrected chi connectivity index (χ2v) is 9.83. The minimum absolute atomic E-state index is 0.0618. The molecule has 0 aliphatic carbocycles. The van der Waals surface area contributed by atoms with Gasteiger partial charge < -0.3 is 19.7 Å². The number of rotatable bonds is 8. The number of benzene rings is 3. The summed E-state index contributed by atoms with van der Waals surface area (Å²) in [4.78, 5) is 37.5. The molecule has 37 heavy (non-hydrogen) atoms. The normalized spacial score (nSPS) is 14.2. The number of carbonyl (C=O) groups excluding carboxylic acids is 1. The molecule has 0 saturated carbocycles. The Morgan fingerprint density at radius 3 is 2.24 bits per heavy atom. The van der Waals surface area contributed by atoms with Gasteiger partial charge in [0.15, 0.2) is 15.8 Å². The second-order valence-electron chi connectivity index (χ2n) is 7.72. The summed E-state index contributed by atoms with van der Waals surface area (Å²) < 4.78 is 11.5. The van der Waals surface area contributed by atoms with Crippen molar-refractivity contribution in [1.82, 2.24) is 0 Å². The fourth-order valence-corrected chi connectivity index (χ4v) is 4.89. The number of thioether (sulfide) groups is 1. The molecule has 0 radical (unpaired) electrons. The van der Waals surface area contributed by atoms with Crippen LogP contribution in [-0.4, -0.2) is 39.5 Å². The van der Waals surface area contributed by atoms with Gasteiger partial charge in [-0.15, -0.1) is 0 Å². The summed E-state index contributed by atoms with van der Waals surface area (Å²) in [6.45, 7) is 0.305. The van der Waals surface area contributed by atoms with E-state index in [0.717, 1.165) is 28.3 Å². The quantitative estimate of drug-likeness (QED) is 0.266. The molecule has 3 aromatic carbocycles. The summed E-state index contributed by atoms with van der Waals surface area (Å²) in [6, 6.07) is 15.9. The molecule has 4 rings (SSSR count). The molecular formula is C26H18ClNO7S2. The van der Waals surface area contributed by atoms with Crippen LogP contribution < -0.4 is 14.4 Å². The number of carboxylic acid groups (broad SMARTS) is 2. The maximum Gasteiger partial charge on any atom is 0.335 e. The summed E-state index contributed by atoms with van der Waals surface area (Å²) in [5.41, 5.74) is 1.09. The van der Waals surface area contributed by atoms with E-state index in [4.69, 9.17) is 33.3 Å². The van der Waals surface area contributed by atoms with E-state index in [1.54, 1.807) is 36.4 Å². The largest absolute Gasteiger partial charge is 0.493 e. The van der Waals surface area contributed by atoms with Crippen LogP contribution in [0.15, 0.2) is 65.6 Å². The first kappa shape index (κ1) is 26.2. The Kier molecular flexibility index (Phi) is 7.82. The molecule has 0 spiro atoms. The molecule has 1 amide bonds. The topological polar surface area (TPSA) is 113 Å². The highest BCUT2D eigenvalue weighted by atomic mass is 35.5. The van der Waals surface area contributed by atoms with E-state index in [9.17, 15) is 24.6 Å². The number of carboxylic acids is 2. The van der Waals surface area contributed by atoms with Gasteiger partial charge in [0.1, 0.15) is 6.61 Å². The number of hydrogen-bond donors (Lipinski definition) is 2. The predicted molar refractivity (Wildman–Crippen MR) is 145 cm³/mol. The molecule has 1 heterocycles. The fourth-order valence-electron chi connectivity index (χ4n) is 3.46. The van der Waals surface area contributed by atoms with Gasteiger partial charge in [-0.25, -0.2) is 9.59 Å². The number of amides is 1. The standard InChI is InChI=1S/C26H18ClNO7S2/c1-34-21-8-15(4-7-20(21)35-13-14-2-5-18(27)6-3-14)9-22-23(29)28(26(36)37-22)19-11-16(24(30)31)10-17(12-19)25(32)33/h2-12H,13H2,1H3,(H,30,31)(H,32,33)/b22-9-. The summed E-state index contributed by atoms with van der Waals surface area (Å²) >= 11 is 12.3. The van der Waals surface area contributed by atoms with Crippen LogP contribution in [0.2, 0.25) is 5.02 Å². The van der Waals surface area contributed by atoms with E-state index in [1.807, 2.05) is 12.1 Å². The van der Waals surface area contributed by atoms with Crippen molar-refractivity contribution in [3.63, 3.8) is 0 Å². The fraction of sp³-hybridized carbons (Fsp3) is 0.0769. The van der Waals surface area contributed by atoms with E-state index in [0.29, 0.717) is 28.7 Å². The zero-order valence-corrected chi connectivity index (χ0v) is 21.5. The minimum atomic E-state index is -1.32. The number of ether oxygens (including phenoxy) is 2. The van der Waals surface area contributed by atoms with Gasteiger partial charge in [0.25, 0.3) is 5.91 Å². The molecule has 1 saturated heterocycles. The van der Waals surface area contributed by atoms with Gasteiger partial charge in [-0.05, 0) is 59.7 Å². The van der Waals surface area contributed by atoms with E-state index in [2.05, 4.69) is 0 Å². The van der Waals surface area contributed by atoms with E-state index in [1.165, 1.54) is 19.2 Å². The maximum absolute atomic E-state index is 13.2. The van der Waals surface area contributed by atoms with Crippen LogP contribution in [0.5, 0.6) is 11.5 Å². The average Bonchev–Trinajstić information content (AvgIpc) is 3.15. The van der Waals surface area contributed by atoms with Crippen molar-refractivity contribution < 1.29 is 34.1 Å². The molecule has 0 unspecified atom stereocenters. The van der Waals surface area contributed by atoms with Crippen LogP contribution in [0, 0.1) is 0 Å². The van der Waals surface area contributed by atoms with Crippen molar-refractivity contribution in [3.8, 4) is 11.5 Å². The summed E-state index contributed by atoms with van der Waals surface area (Å²) in [7, 11) is 1.50. The number of thiocarbonyl (C=S) groups is 1. The first-order chi connectivity index (χ1) is 17.7. The van der Waals surface area contributed by atoms with Gasteiger partial charge in [-0.3, -0.25) is 9.69 Å². The van der Waals surface area contributed by atoms with Gasteiger partial charge in [-0.2, -0.15) is 0 Å². The smallest absolute Gasteiger partial charge is 0.335 e. The molecule has 0 bridgehead atoms. The number of anilines is 1. The highest BCUT2D eigenvalue weighted by Gasteiger charge is 2.34. The Bertz CT molecular complexity index is 1420. The van der Waals surface area contributed by atoms with Crippen LogP contribution in [0.4, 0.5) is 5.69 Å². The first-order valence-corrected chi connectivity index (χ1v) is 12.2. The van der Waals surface area contributed by atoms with E-state index >= 15 is 0 Å². The van der Waals surface area contributed by atoms with E-state index < -0.39 is 17.8 Å². The van der Waals surface area contributed by atoms with Crippen molar-refractivity contribution in [3.05, 3.63) is 92.8 Å². The molecule has 0 atom stereocenters. The average molecular weight is 556 g/mol. The number of aromatic carboxylic acids is 2. The van der Waals surface area contributed by atoms with Gasteiger partial charge in [0, 0.05) is 5.02 Å². The van der Waals surface area contributed by atoms with E-state index in [-0.39, 0.29) is 26.0 Å². The highest BCUT2D eigenvalue weighted by molar-refractivity contribution is 8.27. The Hall–Kier alpha value is -3.86. The first-order valence-electron chi connectivity index (χ1n) is 10.6. The third-order valence-electron chi connectivity index (χ3n) is 5.26. The highest BCUT2D eigenvalue weighted by Crippen LogP contribution is 2.38. The minimum Gasteiger partial charge on any atom is -0.493 e. The predicted octanol–water partition coefficient (Wildman–Crippen LogP) is 5.73. The monoisotopic (exact) mass is 555 g/mol. The van der Waals surface area contributed by atoms with Crippen LogP contribution in [0.3, 0.4) is 0 Å². The van der Waals surface area contributed by atoms with Gasteiger partial charge in [0.05, 0.1) is 28.8 Å². The van der Waals surface area contributed by atoms with Crippen molar-refractivity contribution in [1.29, 1.82) is 0 Å². The SMILES string of the molecule is COc1cc(/C=C2\SC(=S)N(c3cc(C(=O)O)cc(C(=O)O)c3)C2=O)ccc1OCc1ccc(Cl)cc1. The summed E-state index contributed by atoms with van der Waals surface area (Å²) in [5, 5.41) is 19.3. The molecule has 0 aromatic heterocycles. The zero-order chi connectivity index (χ0) is 26.7. The van der Waals surface area contributed by atoms with Crippen LogP contribution in [-0.2, 0) is 11.4 Å². The zero-order valence-electron chi connectivity index (χ0n) is 19.1. The summed E-state index contributed by atoms with van der Waals surface area (Å²) in [6.07, 6.45) is 1.62. The Balaban J connectivity index is 1.58.